The van der Waals surface area contributed by atoms with Gasteiger partial charge in [-0.15, -0.1) is 0 Å². The van der Waals surface area contributed by atoms with Crippen molar-refractivity contribution in [2.75, 3.05) is 5.32 Å². The molecule has 1 N–H and O–H groups in total. The topological polar surface area (TPSA) is 76.7 Å². The van der Waals surface area contributed by atoms with E-state index in [2.05, 4.69) is 5.32 Å². The summed E-state index contributed by atoms with van der Waals surface area (Å²) >= 11 is 0. The van der Waals surface area contributed by atoms with E-state index in [1.165, 1.54) is 6.07 Å². The number of aryl methyl sites for hydroxylation is 1. The standard InChI is InChI=1S/C11H8FN3O/c1-7-4-8(12)5-10(9(7)6-14)15-11(16)2-3-13/h4-5H,2H2,1H3,(H,15,16). The summed E-state index contributed by atoms with van der Waals surface area (Å²) in [5.41, 5.74) is 0.739. The molecule has 0 heterocycles. The zero-order chi connectivity index (χ0) is 12.1. The van der Waals surface area contributed by atoms with Crippen LogP contribution in [0.3, 0.4) is 0 Å². The summed E-state index contributed by atoms with van der Waals surface area (Å²) in [5, 5.41) is 19.5. The van der Waals surface area contributed by atoms with Crippen molar-refractivity contribution in [1.29, 1.82) is 10.5 Å². The Kier molecular flexibility index (Phi) is 3.58. The Morgan fingerprint density at radius 3 is 2.75 bits per heavy atom. The normalized spacial score (nSPS) is 9.00. The van der Waals surface area contributed by atoms with Crippen LogP contribution in [0.4, 0.5) is 10.1 Å². The summed E-state index contributed by atoms with van der Waals surface area (Å²) in [6, 6.07) is 5.80. The lowest BCUT2D eigenvalue weighted by Gasteiger charge is -2.07. The summed E-state index contributed by atoms with van der Waals surface area (Å²) in [4.78, 5) is 11.1. The molecule has 0 spiro atoms. The zero-order valence-electron chi connectivity index (χ0n) is 8.54. The van der Waals surface area contributed by atoms with E-state index in [-0.39, 0.29) is 17.7 Å². The fraction of sp³-hybridized carbons (Fsp3) is 0.182. The predicted octanol–water partition coefficient (Wildman–Crippen LogP) is 1.86. The fourth-order valence-electron chi connectivity index (χ4n) is 1.26. The van der Waals surface area contributed by atoms with E-state index in [0.29, 0.717) is 5.56 Å². The highest BCUT2D eigenvalue weighted by Crippen LogP contribution is 2.20. The second kappa shape index (κ2) is 4.90. The van der Waals surface area contributed by atoms with Crippen molar-refractivity contribution in [2.24, 2.45) is 0 Å². The van der Waals surface area contributed by atoms with Crippen molar-refractivity contribution in [3.8, 4) is 12.1 Å². The number of amides is 1. The number of nitriles is 2. The quantitative estimate of drug-likeness (QED) is 0.821. The Hall–Kier alpha value is -2.40. The molecule has 1 aromatic carbocycles. The molecular weight excluding hydrogens is 209 g/mol. The van der Waals surface area contributed by atoms with Gasteiger partial charge in [0.15, 0.2) is 0 Å². The van der Waals surface area contributed by atoms with Crippen molar-refractivity contribution < 1.29 is 9.18 Å². The first-order chi connectivity index (χ1) is 7.58. The molecule has 5 heteroatoms. The van der Waals surface area contributed by atoms with Crippen molar-refractivity contribution in [1.82, 2.24) is 0 Å². The summed E-state index contributed by atoms with van der Waals surface area (Å²) in [7, 11) is 0. The molecule has 0 aromatic heterocycles. The molecule has 80 valence electrons. The van der Waals surface area contributed by atoms with Crippen molar-refractivity contribution in [3.63, 3.8) is 0 Å². The van der Waals surface area contributed by atoms with E-state index in [1.54, 1.807) is 13.0 Å². The summed E-state index contributed by atoms with van der Waals surface area (Å²) in [6.07, 6.45) is -0.333. The first-order valence-electron chi connectivity index (χ1n) is 4.45. The lowest BCUT2D eigenvalue weighted by atomic mass is 10.1. The highest BCUT2D eigenvalue weighted by atomic mass is 19.1. The van der Waals surface area contributed by atoms with Gasteiger partial charge in [-0.3, -0.25) is 4.79 Å². The van der Waals surface area contributed by atoms with Crippen LogP contribution in [0.15, 0.2) is 12.1 Å². The lowest BCUT2D eigenvalue weighted by molar-refractivity contribution is -0.115. The molecule has 0 aliphatic carbocycles. The van der Waals surface area contributed by atoms with Crippen molar-refractivity contribution in [2.45, 2.75) is 13.3 Å². The lowest BCUT2D eigenvalue weighted by Crippen LogP contribution is -2.12. The molecule has 0 fully saturated rings. The number of carbonyl (C=O) groups excluding carboxylic acids is 1. The maximum absolute atomic E-state index is 13.1. The average molecular weight is 217 g/mol. The molecule has 0 aliphatic heterocycles. The van der Waals surface area contributed by atoms with Crippen LogP contribution in [0.25, 0.3) is 0 Å². The average Bonchev–Trinajstić information content (AvgIpc) is 2.17. The van der Waals surface area contributed by atoms with Gasteiger partial charge < -0.3 is 5.32 Å². The molecule has 0 radical (unpaired) electrons. The van der Waals surface area contributed by atoms with Crippen LogP contribution in [-0.4, -0.2) is 5.91 Å². The second-order valence-electron chi connectivity index (χ2n) is 3.14. The third-order valence-electron chi connectivity index (χ3n) is 1.93. The number of benzene rings is 1. The van der Waals surface area contributed by atoms with Crippen molar-refractivity contribution >= 4 is 11.6 Å². The van der Waals surface area contributed by atoms with Gasteiger partial charge in [0.25, 0.3) is 0 Å². The maximum atomic E-state index is 13.1. The first-order valence-corrected chi connectivity index (χ1v) is 4.45. The third-order valence-corrected chi connectivity index (χ3v) is 1.93. The molecule has 1 aromatic rings. The monoisotopic (exact) mass is 217 g/mol. The molecule has 4 nitrogen and oxygen atoms in total. The zero-order valence-corrected chi connectivity index (χ0v) is 8.54. The van der Waals surface area contributed by atoms with E-state index < -0.39 is 11.7 Å². The fourth-order valence-corrected chi connectivity index (χ4v) is 1.26. The molecule has 1 rings (SSSR count). The Balaban J connectivity index is 3.09. The SMILES string of the molecule is Cc1cc(F)cc(NC(=O)CC#N)c1C#N. The van der Waals surface area contributed by atoms with Gasteiger partial charge in [0.1, 0.15) is 18.3 Å². The van der Waals surface area contributed by atoms with E-state index in [4.69, 9.17) is 10.5 Å². The van der Waals surface area contributed by atoms with Crippen LogP contribution >= 0.6 is 0 Å². The van der Waals surface area contributed by atoms with Gasteiger partial charge in [0, 0.05) is 0 Å². The number of hydrogen-bond acceptors (Lipinski definition) is 3. The number of nitrogens with one attached hydrogen (secondary N) is 1. The minimum Gasteiger partial charge on any atom is -0.324 e. The Labute approximate surface area is 91.9 Å². The van der Waals surface area contributed by atoms with Gasteiger partial charge in [-0.1, -0.05) is 0 Å². The van der Waals surface area contributed by atoms with Crippen LogP contribution in [0, 0.1) is 35.4 Å². The van der Waals surface area contributed by atoms with Crippen LogP contribution < -0.4 is 5.32 Å². The van der Waals surface area contributed by atoms with E-state index in [9.17, 15) is 9.18 Å². The van der Waals surface area contributed by atoms with E-state index in [1.807, 2.05) is 6.07 Å². The molecule has 0 aliphatic rings. The Morgan fingerprint density at radius 2 is 2.19 bits per heavy atom. The largest absolute Gasteiger partial charge is 0.324 e. The van der Waals surface area contributed by atoms with Gasteiger partial charge in [-0.25, -0.2) is 4.39 Å². The highest BCUT2D eigenvalue weighted by molar-refractivity contribution is 5.93. The smallest absolute Gasteiger partial charge is 0.238 e. The Morgan fingerprint density at radius 1 is 1.50 bits per heavy atom. The Bertz CT molecular complexity index is 511. The summed E-state index contributed by atoms with van der Waals surface area (Å²) in [5.74, 6) is -1.10. The predicted molar refractivity (Wildman–Crippen MR) is 54.7 cm³/mol. The molecule has 1 amide bonds. The van der Waals surface area contributed by atoms with Gasteiger partial charge in [-0.2, -0.15) is 10.5 Å². The summed E-state index contributed by atoms with van der Waals surface area (Å²) in [6.45, 7) is 1.57. The van der Waals surface area contributed by atoms with Crippen LogP contribution in [0.5, 0.6) is 0 Å². The minimum atomic E-state index is -0.566. The molecule has 0 bridgehead atoms. The van der Waals surface area contributed by atoms with E-state index >= 15 is 0 Å². The maximum Gasteiger partial charge on any atom is 0.238 e. The van der Waals surface area contributed by atoms with Gasteiger partial charge in [0.05, 0.1) is 17.3 Å². The molecular formula is C11H8FN3O. The van der Waals surface area contributed by atoms with Gasteiger partial charge >= 0.3 is 0 Å². The number of anilines is 1. The highest BCUT2D eigenvalue weighted by Gasteiger charge is 2.10. The number of nitrogens with zero attached hydrogens (tertiary/aromatic N) is 2. The number of hydrogen-bond donors (Lipinski definition) is 1. The van der Waals surface area contributed by atoms with Gasteiger partial charge in [0.2, 0.25) is 5.91 Å². The summed E-state index contributed by atoms with van der Waals surface area (Å²) < 4.78 is 13.1. The molecule has 16 heavy (non-hydrogen) atoms. The molecule has 0 atom stereocenters. The molecule has 0 saturated heterocycles. The second-order valence-corrected chi connectivity index (χ2v) is 3.14. The minimum absolute atomic E-state index is 0.0975. The number of halogens is 1. The van der Waals surface area contributed by atoms with Crippen LogP contribution in [0.1, 0.15) is 17.5 Å². The van der Waals surface area contributed by atoms with Crippen molar-refractivity contribution in [3.05, 3.63) is 29.1 Å². The first kappa shape index (κ1) is 11.7. The van der Waals surface area contributed by atoms with E-state index in [0.717, 1.165) is 6.07 Å². The number of rotatable bonds is 2. The molecule has 0 unspecified atom stereocenters. The van der Waals surface area contributed by atoms with Crippen LogP contribution in [-0.2, 0) is 4.79 Å². The van der Waals surface area contributed by atoms with Gasteiger partial charge in [-0.05, 0) is 24.6 Å². The molecule has 0 saturated carbocycles. The third kappa shape index (κ3) is 2.55. The number of carbonyl (C=O) groups is 1. The van der Waals surface area contributed by atoms with Crippen LogP contribution in [0.2, 0.25) is 0 Å².